The van der Waals surface area contributed by atoms with Gasteiger partial charge in [0.25, 0.3) is 0 Å². The molecule has 0 aliphatic heterocycles. The highest BCUT2D eigenvalue weighted by Crippen LogP contribution is 2.06. The average molecular weight is 202 g/mol. The highest BCUT2D eigenvalue weighted by Gasteiger charge is 2.02. The lowest BCUT2D eigenvalue weighted by Gasteiger charge is -1.98. The molecular formula is C13H14O2. The molecule has 0 N–H and O–H groups in total. The maximum Gasteiger partial charge on any atom is 0.337 e. The molecule has 0 spiro atoms. The smallest absolute Gasteiger partial charge is 0.337 e. The summed E-state index contributed by atoms with van der Waals surface area (Å²) in [5.41, 5.74) is 1.61. The van der Waals surface area contributed by atoms with Gasteiger partial charge in [-0.2, -0.15) is 0 Å². The fraction of sp³-hybridized carbons (Fsp3) is 0.154. The molecule has 0 saturated carbocycles. The highest BCUT2D eigenvalue weighted by molar-refractivity contribution is 5.92. The van der Waals surface area contributed by atoms with E-state index in [4.69, 9.17) is 0 Å². The van der Waals surface area contributed by atoms with E-state index < -0.39 is 0 Å². The fourth-order valence-electron chi connectivity index (χ4n) is 1.15. The van der Waals surface area contributed by atoms with Gasteiger partial charge in [-0.1, -0.05) is 42.5 Å². The number of rotatable bonds is 3. The molecular weight excluding hydrogens is 188 g/mol. The Morgan fingerprint density at radius 2 is 1.93 bits per heavy atom. The van der Waals surface area contributed by atoms with Gasteiger partial charge in [0.15, 0.2) is 0 Å². The van der Waals surface area contributed by atoms with E-state index in [-0.39, 0.29) is 5.97 Å². The van der Waals surface area contributed by atoms with Crippen LogP contribution < -0.4 is 0 Å². The molecule has 0 bridgehead atoms. The van der Waals surface area contributed by atoms with Crippen LogP contribution in [0.3, 0.4) is 0 Å². The summed E-state index contributed by atoms with van der Waals surface area (Å²) in [6.45, 7) is 1.81. The van der Waals surface area contributed by atoms with E-state index in [1.165, 1.54) is 7.11 Å². The van der Waals surface area contributed by atoms with E-state index in [0.29, 0.717) is 5.57 Å². The maximum atomic E-state index is 11.2. The second-order valence-corrected chi connectivity index (χ2v) is 2.98. The Morgan fingerprint density at radius 3 is 2.47 bits per heavy atom. The Balaban J connectivity index is 2.77. The van der Waals surface area contributed by atoms with Crippen LogP contribution in [0.4, 0.5) is 0 Å². The normalized spacial score (nSPS) is 11.7. The van der Waals surface area contributed by atoms with Crippen molar-refractivity contribution >= 4 is 12.0 Å². The molecule has 1 rings (SSSR count). The molecule has 0 atom stereocenters. The van der Waals surface area contributed by atoms with Crippen LogP contribution in [0.2, 0.25) is 0 Å². The van der Waals surface area contributed by atoms with Crippen molar-refractivity contribution in [3.05, 3.63) is 53.6 Å². The molecule has 2 nitrogen and oxygen atoms in total. The molecule has 0 fully saturated rings. The Morgan fingerprint density at radius 1 is 1.27 bits per heavy atom. The first-order valence-corrected chi connectivity index (χ1v) is 4.75. The second kappa shape index (κ2) is 5.81. The largest absolute Gasteiger partial charge is 0.465 e. The summed E-state index contributed by atoms with van der Waals surface area (Å²) >= 11 is 0. The van der Waals surface area contributed by atoms with Gasteiger partial charge in [0, 0.05) is 0 Å². The van der Waals surface area contributed by atoms with Gasteiger partial charge < -0.3 is 4.74 Å². The van der Waals surface area contributed by atoms with Crippen LogP contribution in [0, 0.1) is 0 Å². The van der Waals surface area contributed by atoms with Gasteiger partial charge in [-0.25, -0.2) is 4.79 Å². The van der Waals surface area contributed by atoms with Gasteiger partial charge in [0.05, 0.1) is 12.7 Å². The number of benzene rings is 1. The number of ether oxygens (including phenoxy) is 1. The van der Waals surface area contributed by atoms with Crippen LogP contribution >= 0.6 is 0 Å². The van der Waals surface area contributed by atoms with E-state index in [9.17, 15) is 4.79 Å². The third-order valence-corrected chi connectivity index (χ3v) is 1.99. The number of methoxy groups -OCH3 is 1. The zero-order valence-electron chi connectivity index (χ0n) is 8.94. The summed E-state index contributed by atoms with van der Waals surface area (Å²) in [5, 5.41) is 0. The molecule has 1 aromatic carbocycles. The minimum Gasteiger partial charge on any atom is -0.465 e. The molecule has 1 aromatic rings. The van der Waals surface area contributed by atoms with Crippen molar-refractivity contribution in [1.82, 2.24) is 0 Å². The quantitative estimate of drug-likeness (QED) is 0.428. The Bertz CT molecular complexity index is 375. The van der Waals surface area contributed by atoms with Crippen LogP contribution in [0.25, 0.3) is 6.08 Å². The Hall–Kier alpha value is -1.83. The summed E-state index contributed by atoms with van der Waals surface area (Å²) in [4.78, 5) is 11.2. The van der Waals surface area contributed by atoms with Crippen molar-refractivity contribution in [3.8, 4) is 0 Å². The van der Waals surface area contributed by atoms with E-state index in [2.05, 4.69) is 4.74 Å². The number of allylic oxidation sites excluding steroid dienone is 1. The van der Waals surface area contributed by atoms with Gasteiger partial charge in [-0.15, -0.1) is 0 Å². The van der Waals surface area contributed by atoms with Crippen molar-refractivity contribution < 1.29 is 9.53 Å². The van der Waals surface area contributed by atoms with Gasteiger partial charge in [-0.3, -0.25) is 0 Å². The maximum absolute atomic E-state index is 11.2. The summed E-state index contributed by atoms with van der Waals surface area (Å²) in [6.07, 6.45) is 5.36. The molecule has 0 heterocycles. The van der Waals surface area contributed by atoms with Crippen LogP contribution in [-0.4, -0.2) is 13.1 Å². The Labute approximate surface area is 89.9 Å². The zero-order chi connectivity index (χ0) is 11.1. The lowest BCUT2D eigenvalue weighted by atomic mass is 10.1. The molecule has 2 heteroatoms. The second-order valence-electron chi connectivity index (χ2n) is 2.98. The Kier molecular flexibility index (Phi) is 4.35. The lowest BCUT2D eigenvalue weighted by Crippen LogP contribution is -2.01. The number of esters is 1. The van der Waals surface area contributed by atoms with E-state index >= 15 is 0 Å². The standard InChI is InChI=1S/C13H14O2/c1-3-12(13(14)15-2)10-9-11-7-5-4-6-8-11/h3-10H,1-2H3. The summed E-state index contributed by atoms with van der Waals surface area (Å²) in [5.74, 6) is -0.315. The number of carbonyl (C=O) groups excluding carboxylic acids is 1. The molecule has 0 radical (unpaired) electrons. The van der Waals surface area contributed by atoms with Crippen LogP contribution in [-0.2, 0) is 9.53 Å². The summed E-state index contributed by atoms with van der Waals surface area (Å²) < 4.78 is 4.63. The summed E-state index contributed by atoms with van der Waals surface area (Å²) in [6, 6.07) is 9.80. The van der Waals surface area contributed by atoms with Crippen molar-refractivity contribution in [2.75, 3.05) is 7.11 Å². The first kappa shape index (κ1) is 11.2. The molecule has 0 saturated heterocycles. The van der Waals surface area contributed by atoms with E-state index in [1.54, 1.807) is 12.2 Å². The SMILES string of the molecule is CC=C(C=Cc1ccccc1)C(=O)OC. The first-order chi connectivity index (χ1) is 7.27. The zero-order valence-corrected chi connectivity index (χ0v) is 8.94. The number of hydrogen-bond donors (Lipinski definition) is 0. The first-order valence-electron chi connectivity index (χ1n) is 4.75. The van der Waals surface area contributed by atoms with E-state index in [0.717, 1.165) is 5.56 Å². The third kappa shape index (κ3) is 3.43. The molecule has 0 aliphatic carbocycles. The molecule has 78 valence electrons. The average Bonchev–Trinajstić information content (AvgIpc) is 2.31. The number of carbonyl (C=O) groups is 1. The minimum atomic E-state index is -0.315. The molecule has 15 heavy (non-hydrogen) atoms. The molecule has 0 aromatic heterocycles. The topological polar surface area (TPSA) is 26.3 Å². The van der Waals surface area contributed by atoms with Gasteiger partial charge >= 0.3 is 5.97 Å². The van der Waals surface area contributed by atoms with Crippen LogP contribution in [0.1, 0.15) is 12.5 Å². The van der Waals surface area contributed by atoms with Crippen LogP contribution in [0.5, 0.6) is 0 Å². The molecule has 0 amide bonds. The van der Waals surface area contributed by atoms with Crippen molar-refractivity contribution in [1.29, 1.82) is 0 Å². The summed E-state index contributed by atoms with van der Waals surface area (Å²) in [7, 11) is 1.38. The van der Waals surface area contributed by atoms with Crippen molar-refractivity contribution in [2.45, 2.75) is 6.92 Å². The van der Waals surface area contributed by atoms with Gasteiger partial charge in [-0.05, 0) is 18.6 Å². The van der Waals surface area contributed by atoms with Gasteiger partial charge in [0.1, 0.15) is 0 Å². The predicted octanol–water partition coefficient (Wildman–Crippen LogP) is 2.82. The molecule has 0 aliphatic rings. The van der Waals surface area contributed by atoms with Crippen LogP contribution in [0.15, 0.2) is 48.1 Å². The minimum absolute atomic E-state index is 0.315. The van der Waals surface area contributed by atoms with Crippen molar-refractivity contribution in [2.24, 2.45) is 0 Å². The third-order valence-electron chi connectivity index (χ3n) is 1.99. The molecule has 0 unspecified atom stereocenters. The van der Waals surface area contributed by atoms with Gasteiger partial charge in [0.2, 0.25) is 0 Å². The number of hydrogen-bond acceptors (Lipinski definition) is 2. The highest BCUT2D eigenvalue weighted by atomic mass is 16.5. The van der Waals surface area contributed by atoms with Crippen molar-refractivity contribution in [3.63, 3.8) is 0 Å². The lowest BCUT2D eigenvalue weighted by molar-refractivity contribution is -0.135. The fourth-order valence-corrected chi connectivity index (χ4v) is 1.15. The monoisotopic (exact) mass is 202 g/mol. The van der Waals surface area contributed by atoms with E-state index in [1.807, 2.05) is 43.3 Å². The predicted molar refractivity (Wildman–Crippen MR) is 61.2 cm³/mol.